The first kappa shape index (κ1) is 16.3. The van der Waals surface area contributed by atoms with Crippen molar-refractivity contribution in [3.05, 3.63) is 42.0 Å². The Morgan fingerprint density at radius 1 is 1.18 bits per heavy atom. The van der Waals surface area contributed by atoms with Gasteiger partial charge in [0, 0.05) is 12.1 Å². The molecule has 0 bridgehead atoms. The SMILES string of the molecule is C/C(=C/C(=O)N[C@@H](C)C(=O)NC1CCCC1)c1ccccc1. The van der Waals surface area contributed by atoms with E-state index in [0.717, 1.165) is 24.0 Å². The molecule has 0 heterocycles. The molecular weight excluding hydrogens is 276 g/mol. The van der Waals surface area contributed by atoms with Crippen LogP contribution in [0.5, 0.6) is 0 Å². The average molecular weight is 300 g/mol. The predicted molar refractivity (Wildman–Crippen MR) is 88.1 cm³/mol. The third-order valence-electron chi connectivity index (χ3n) is 4.03. The van der Waals surface area contributed by atoms with E-state index in [1.54, 1.807) is 6.92 Å². The van der Waals surface area contributed by atoms with Crippen LogP contribution in [0.1, 0.15) is 45.1 Å². The van der Waals surface area contributed by atoms with Gasteiger partial charge in [0.25, 0.3) is 0 Å². The first-order chi connectivity index (χ1) is 10.6. The molecule has 0 aromatic heterocycles. The lowest BCUT2D eigenvalue weighted by molar-refractivity contribution is -0.127. The van der Waals surface area contributed by atoms with Gasteiger partial charge in [-0.05, 0) is 37.8 Å². The van der Waals surface area contributed by atoms with Gasteiger partial charge in [-0.3, -0.25) is 9.59 Å². The fourth-order valence-electron chi connectivity index (χ4n) is 2.70. The highest BCUT2D eigenvalue weighted by atomic mass is 16.2. The van der Waals surface area contributed by atoms with E-state index in [-0.39, 0.29) is 17.9 Å². The lowest BCUT2D eigenvalue weighted by Crippen LogP contribution is -2.47. The van der Waals surface area contributed by atoms with Crippen molar-refractivity contribution in [1.82, 2.24) is 10.6 Å². The molecule has 4 nitrogen and oxygen atoms in total. The van der Waals surface area contributed by atoms with E-state index in [1.165, 1.54) is 18.9 Å². The van der Waals surface area contributed by atoms with Crippen LogP contribution in [-0.4, -0.2) is 23.9 Å². The topological polar surface area (TPSA) is 58.2 Å². The summed E-state index contributed by atoms with van der Waals surface area (Å²) >= 11 is 0. The summed E-state index contributed by atoms with van der Waals surface area (Å²) in [5.41, 5.74) is 1.88. The van der Waals surface area contributed by atoms with Gasteiger partial charge in [0.1, 0.15) is 6.04 Å². The molecule has 1 fully saturated rings. The second-order valence-corrected chi connectivity index (χ2v) is 5.91. The first-order valence-electron chi connectivity index (χ1n) is 7.91. The zero-order chi connectivity index (χ0) is 15.9. The van der Waals surface area contributed by atoms with Crippen molar-refractivity contribution >= 4 is 17.4 Å². The van der Waals surface area contributed by atoms with E-state index in [4.69, 9.17) is 0 Å². The molecule has 0 spiro atoms. The first-order valence-corrected chi connectivity index (χ1v) is 7.91. The Balaban J connectivity index is 1.86. The van der Waals surface area contributed by atoms with Crippen molar-refractivity contribution in [3.63, 3.8) is 0 Å². The molecule has 2 amide bonds. The van der Waals surface area contributed by atoms with Gasteiger partial charge in [0.15, 0.2) is 0 Å². The van der Waals surface area contributed by atoms with Crippen LogP contribution in [0.25, 0.3) is 5.57 Å². The van der Waals surface area contributed by atoms with Gasteiger partial charge >= 0.3 is 0 Å². The van der Waals surface area contributed by atoms with Gasteiger partial charge in [-0.25, -0.2) is 0 Å². The lowest BCUT2D eigenvalue weighted by Gasteiger charge is -2.17. The number of carbonyl (C=O) groups is 2. The minimum atomic E-state index is -0.520. The normalized spacial score (nSPS) is 17.1. The summed E-state index contributed by atoms with van der Waals surface area (Å²) in [5, 5.41) is 5.72. The van der Waals surface area contributed by atoms with E-state index in [2.05, 4.69) is 10.6 Å². The summed E-state index contributed by atoms with van der Waals surface area (Å²) in [5.74, 6) is -0.346. The van der Waals surface area contributed by atoms with Crippen molar-refractivity contribution in [2.75, 3.05) is 0 Å². The van der Waals surface area contributed by atoms with Crippen molar-refractivity contribution in [3.8, 4) is 0 Å². The Morgan fingerprint density at radius 3 is 2.45 bits per heavy atom. The number of nitrogens with one attached hydrogen (secondary N) is 2. The van der Waals surface area contributed by atoms with Gasteiger partial charge in [-0.1, -0.05) is 43.2 Å². The second-order valence-electron chi connectivity index (χ2n) is 5.91. The van der Waals surface area contributed by atoms with Crippen molar-refractivity contribution < 1.29 is 9.59 Å². The summed E-state index contributed by atoms with van der Waals surface area (Å²) in [6.45, 7) is 3.60. The lowest BCUT2D eigenvalue weighted by atomic mass is 10.1. The molecule has 1 saturated carbocycles. The Hall–Kier alpha value is -2.10. The van der Waals surface area contributed by atoms with E-state index in [0.29, 0.717) is 0 Å². The van der Waals surface area contributed by atoms with Crippen molar-refractivity contribution in [2.45, 2.75) is 51.6 Å². The summed E-state index contributed by atoms with van der Waals surface area (Å²) in [6.07, 6.45) is 5.96. The standard InChI is InChI=1S/C18H24N2O2/c1-13(15-8-4-3-5-9-15)12-17(21)19-14(2)18(22)20-16-10-6-7-11-16/h3-5,8-9,12,14,16H,6-7,10-11H2,1-2H3,(H,19,21)(H,20,22)/b13-12-/t14-/m0/s1. The number of hydrogen-bond donors (Lipinski definition) is 2. The molecule has 2 rings (SSSR count). The molecule has 22 heavy (non-hydrogen) atoms. The molecule has 0 saturated heterocycles. The van der Waals surface area contributed by atoms with Gasteiger partial charge in [-0.2, -0.15) is 0 Å². The molecule has 1 aromatic rings. The summed E-state index contributed by atoms with van der Waals surface area (Å²) in [7, 11) is 0. The number of hydrogen-bond acceptors (Lipinski definition) is 2. The van der Waals surface area contributed by atoms with Crippen LogP contribution in [0.2, 0.25) is 0 Å². The third-order valence-corrected chi connectivity index (χ3v) is 4.03. The maximum Gasteiger partial charge on any atom is 0.244 e. The minimum Gasteiger partial charge on any atom is -0.352 e. The molecule has 0 unspecified atom stereocenters. The zero-order valence-corrected chi connectivity index (χ0v) is 13.3. The maximum atomic E-state index is 12.0. The van der Waals surface area contributed by atoms with Gasteiger partial charge in [0.2, 0.25) is 11.8 Å². The van der Waals surface area contributed by atoms with Crippen LogP contribution in [0.15, 0.2) is 36.4 Å². The van der Waals surface area contributed by atoms with Crippen molar-refractivity contribution in [2.24, 2.45) is 0 Å². The summed E-state index contributed by atoms with van der Waals surface area (Å²) in [6, 6.07) is 9.46. The molecule has 0 aliphatic heterocycles. The minimum absolute atomic E-state index is 0.106. The fourth-order valence-corrected chi connectivity index (χ4v) is 2.70. The van der Waals surface area contributed by atoms with Crippen LogP contribution in [0, 0.1) is 0 Å². The van der Waals surface area contributed by atoms with Crippen LogP contribution in [0.3, 0.4) is 0 Å². The highest BCUT2D eigenvalue weighted by molar-refractivity contribution is 5.97. The Bertz CT molecular complexity index is 545. The zero-order valence-electron chi connectivity index (χ0n) is 13.3. The highest BCUT2D eigenvalue weighted by Gasteiger charge is 2.21. The van der Waals surface area contributed by atoms with Gasteiger partial charge < -0.3 is 10.6 Å². The van der Waals surface area contributed by atoms with Gasteiger partial charge in [-0.15, -0.1) is 0 Å². The molecule has 118 valence electrons. The molecule has 1 atom stereocenters. The Labute approximate surface area is 132 Å². The quantitative estimate of drug-likeness (QED) is 0.821. The van der Waals surface area contributed by atoms with Crippen molar-refractivity contribution in [1.29, 1.82) is 0 Å². The molecule has 1 aliphatic rings. The van der Waals surface area contributed by atoms with Crippen LogP contribution in [0.4, 0.5) is 0 Å². The largest absolute Gasteiger partial charge is 0.352 e. The van der Waals surface area contributed by atoms with Crippen LogP contribution >= 0.6 is 0 Å². The average Bonchev–Trinajstić information content (AvgIpc) is 3.00. The maximum absolute atomic E-state index is 12.0. The third kappa shape index (κ3) is 4.72. The molecule has 1 aliphatic carbocycles. The Kier molecular flexibility index (Phi) is 5.75. The van der Waals surface area contributed by atoms with Crippen LogP contribution in [-0.2, 0) is 9.59 Å². The fraction of sp³-hybridized carbons (Fsp3) is 0.444. The van der Waals surface area contributed by atoms with E-state index < -0.39 is 6.04 Å². The molecule has 0 radical (unpaired) electrons. The predicted octanol–water partition coefficient (Wildman–Crippen LogP) is 2.65. The smallest absolute Gasteiger partial charge is 0.244 e. The molecule has 2 N–H and O–H groups in total. The van der Waals surface area contributed by atoms with E-state index >= 15 is 0 Å². The van der Waals surface area contributed by atoms with E-state index in [9.17, 15) is 9.59 Å². The van der Waals surface area contributed by atoms with Crippen LogP contribution < -0.4 is 10.6 Å². The molecule has 4 heteroatoms. The molecular formula is C18H24N2O2. The Morgan fingerprint density at radius 2 is 1.82 bits per heavy atom. The second kappa shape index (κ2) is 7.78. The number of benzene rings is 1. The summed E-state index contributed by atoms with van der Waals surface area (Å²) in [4.78, 5) is 24.1. The number of rotatable bonds is 5. The summed E-state index contributed by atoms with van der Waals surface area (Å²) < 4.78 is 0. The number of carbonyl (C=O) groups excluding carboxylic acids is 2. The highest BCUT2D eigenvalue weighted by Crippen LogP contribution is 2.17. The number of allylic oxidation sites excluding steroid dienone is 1. The van der Waals surface area contributed by atoms with Gasteiger partial charge in [0.05, 0.1) is 0 Å². The monoisotopic (exact) mass is 300 g/mol. The molecule has 1 aromatic carbocycles. The van der Waals surface area contributed by atoms with E-state index in [1.807, 2.05) is 37.3 Å². The number of amides is 2.